The summed E-state index contributed by atoms with van der Waals surface area (Å²) in [5, 5.41) is 4.02. The molecule has 15 heavy (non-hydrogen) atoms. The van der Waals surface area contributed by atoms with Gasteiger partial charge in [0.15, 0.2) is 0 Å². The van der Waals surface area contributed by atoms with E-state index in [0.717, 1.165) is 0 Å². The Bertz CT molecular complexity index is 463. The van der Waals surface area contributed by atoms with Crippen LogP contribution in [0.1, 0.15) is 23.2 Å². The molecule has 0 spiro atoms. The second-order valence-corrected chi connectivity index (χ2v) is 2.93. The van der Waals surface area contributed by atoms with E-state index in [1.807, 2.05) is 6.92 Å². The monoisotopic (exact) mass is 202 g/mol. The Morgan fingerprint density at radius 3 is 2.73 bits per heavy atom. The van der Waals surface area contributed by atoms with Crippen LogP contribution in [0, 0.1) is 0 Å². The van der Waals surface area contributed by atoms with Gasteiger partial charge in [0.25, 0.3) is 0 Å². The molecule has 0 aliphatic heterocycles. The third-order valence-corrected chi connectivity index (χ3v) is 2.02. The first-order valence-electron chi connectivity index (χ1n) is 4.66. The first kappa shape index (κ1) is 9.51. The number of aromatic nitrogens is 4. The number of ketones is 1. The first-order valence-corrected chi connectivity index (χ1v) is 4.66. The highest BCUT2D eigenvalue weighted by molar-refractivity contribution is 6.05. The van der Waals surface area contributed by atoms with Crippen molar-refractivity contribution in [3.8, 4) is 0 Å². The number of nitrogens with zero attached hydrogens (tertiary/aromatic N) is 4. The zero-order valence-corrected chi connectivity index (χ0v) is 8.29. The minimum Gasteiger partial charge on any atom is -0.283 e. The lowest BCUT2D eigenvalue weighted by Crippen LogP contribution is -2.13. The Morgan fingerprint density at radius 1 is 1.33 bits per heavy atom. The lowest BCUT2D eigenvalue weighted by atomic mass is 10.2. The van der Waals surface area contributed by atoms with Crippen LogP contribution in [0.3, 0.4) is 0 Å². The zero-order chi connectivity index (χ0) is 10.7. The molecule has 2 aromatic rings. The molecule has 5 nitrogen and oxygen atoms in total. The lowest BCUT2D eigenvalue weighted by Gasteiger charge is -2.01. The third kappa shape index (κ3) is 1.76. The number of rotatable bonds is 3. The van der Waals surface area contributed by atoms with Crippen molar-refractivity contribution in [2.75, 3.05) is 0 Å². The Hall–Kier alpha value is -2.04. The average Bonchev–Trinajstić information content (AvgIpc) is 2.77. The van der Waals surface area contributed by atoms with Crippen LogP contribution in [-0.4, -0.2) is 25.5 Å². The van der Waals surface area contributed by atoms with Crippen molar-refractivity contribution in [1.29, 1.82) is 0 Å². The smallest absolute Gasteiger partial charge is 0.248 e. The van der Waals surface area contributed by atoms with Crippen LogP contribution in [0.5, 0.6) is 0 Å². The molecule has 2 heterocycles. The molecule has 0 saturated carbocycles. The Kier molecular flexibility index (Phi) is 2.53. The van der Waals surface area contributed by atoms with Gasteiger partial charge in [-0.15, -0.1) is 0 Å². The summed E-state index contributed by atoms with van der Waals surface area (Å²) in [4.78, 5) is 19.7. The van der Waals surface area contributed by atoms with Crippen LogP contribution in [-0.2, 0) is 6.54 Å². The molecule has 0 unspecified atom stereocenters. The molecule has 0 bridgehead atoms. The van der Waals surface area contributed by atoms with Gasteiger partial charge in [0.1, 0.15) is 5.69 Å². The summed E-state index contributed by atoms with van der Waals surface area (Å²) in [6.45, 7) is 2.58. The summed E-state index contributed by atoms with van der Waals surface area (Å²) in [6, 6.07) is 3.34. The predicted molar refractivity (Wildman–Crippen MR) is 53.4 cm³/mol. The normalized spacial score (nSPS) is 10.2. The van der Waals surface area contributed by atoms with Crippen molar-refractivity contribution in [2.24, 2.45) is 0 Å². The predicted octanol–water partition coefficient (Wildman–Crippen LogP) is 0.924. The molecule has 2 rings (SSSR count). The van der Waals surface area contributed by atoms with Gasteiger partial charge < -0.3 is 0 Å². The zero-order valence-electron chi connectivity index (χ0n) is 8.29. The van der Waals surface area contributed by atoms with Crippen LogP contribution in [0.25, 0.3) is 0 Å². The maximum absolute atomic E-state index is 11.9. The molecule has 0 radical (unpaired) electrons. The fraction of sp³-hybridized carbons (Fsp3) is 0.200. The fourth-order valence-electron chi connectivity index (χ4n) is 1.31. The minimum absolute atomic E-state index is 0.199. The molecule has 0 aliphatic carbocycles. The van der Waals surface area contributed by atoms with Gasteiger partial charge in [-0.2, -0.15) is 5.10 Å². The first-order chi connectivity index (χ1) is 7.33. The SMILES string of the molecule is CCn1nccc1C(=O)c1ncccn1. The van der Waals surface area contributed by atoms with Crippen molar-refractivity contribution in [2.45, 2.75) is 13.5 Å². The molecule has 2 aromatic heterocycles. The molecule has 76 valence electrons. The molecule has 0 N–H and O–H groups in total. The quantitative estimate of drug-likeness (QED) is 0.694. The number of hydrogen-bond donors (Lipinski definition) is 0. The van der Waals surface area contributed by atoms with Gasteiger partial charge in [-0.05, 0) is 19.1 Å². The van der Waals surface area contributed by atoms with Gasteiger partial charge in [-0.3, -0.25) is 9.48 Å². The van der Waals surface area contributed by atoms with Crippen LogP contribution in [0.15, 0.2) is 30.7 Å². The van der Waals surface area contributed by atoms with Crippen LogP contribution in [0.4, 0.5) is 0 Å². The summed E-state index contributed by atoms with van der Waals surface area (Å²) in [7, 11) is 0. The minimum atomic E-state index is -0.199. The highest BCUT2D eigenvalue weighted by Crippen LogP contribution is 2.04. The van der Waals surface area contributed by atoms with Crippen molar-refractivity contribution >= 4 is 5.78 Å². The molecular formula is C10H10N4O. The summed E-state index contributed by atoms with van der Waals surface area (Å²) in [5.74, 6) is 0.00245. The van der Waals surface area contributed by atoms with Gasteiger partial charge in [0, 0.05) is 25.1 Å². The molecule has 0 aromatic carbocycles. The fourth-order valence-corrected chi connectivity index (χ4v) is 1.31. The van der Waals surface area contributed by atoms with Crippen LogP contribution in [0.2, 0.25) is 0 Å². The van der Waals surface area contributed by atoms with Crippen LogP contribution < -0.4 is 0 Å². The van der Waals surface area contributed by atoms with Crippen LogP contribution >= 0.6 is 0 Å². The van der Waals surface area contributed by atoms with Gasteiger partial charge in [-0.25, -0.2) is 9.97 Å². The number of aryl methyl sites for hydroxylation is 1. The van der Waals surface area contributed by atoms with E-state index in [-0.39, 0.29) is 11.6 Å². The number of carbonyl (C=O) groups is 1. The largest absolute Gasteiger partial charge is 0.283 e. The van der Waals surface area contributed by atoms with E-state index in [9.17, 15) is 4.79 Å². The molecule has 0 amide bonds. The van der Waals surface area contributed by atoms with Gasteiger partial charge in [0.2, 0.25) is 11.6 Å². The maximum atomic E-state index is 11.9. The lowest BCUT2D eigenvalue weighted by molar-refractivity contribution is 0.101. The highest BCUT2D eigenvalue weighted by atomic mass is 16.1. The molecule has 0 atom stereocenters. The van der Waals surface area contributed by atoms with Crippen molar-refractivity contribution in [3.63, 3.8) is 0 Å². The molecule has 5 heteroatoms. The maximum Gasteiger partial charge on any atom is 0.248 e. The van der Waals surface area contributed by atoms with Crippen molar-refractivity contribution in [3.05, 3.63) is 42.2 Å². The topological polar surface area (TPSA) is 60.7 Å². The molecule has 0 aliphatic rings. The molecule has 0 saturated heterocycles. The third-order valence-electron chi connectivity index (χ3n) is 2.02. The van der Waals surface area contributed by atoms with E-state index in [1.54, 1.807) is 35.4 Å². The van der Waals surface area contributed by atoms with Gasteiger partial charge in [0.05, 0.1) is 0 Å². The average molecular weight is 202 g/mol. The summed E-state index contributed by atoms with van der Waals surface area (Å²) in [6.07, 6.45) is 4.69. The highest BCUT2D eigenvalue weighted by Gasteiger charge is 2.15. The standard InChI is InChI=1S/C10H10N4O/c1-2-14-8(4-7-13-14)9(15)10-11-5-3-6-12-10/h3-7H,2H2,1H3. The van der Waals surface area contributed by atoms with Gasteiger partial charge >= 0.3 is 0 Å². The van der Waals surface area contributed by atoms with E-state index in [2.05, 4.69) is 15.1 Å². The Labute approximate surface area is 86.8 Å². The van der Waals surface area contributed by atoms with Gasteiger partial charge in [-0.1, -0.05) is 0 Å². The second-order valence-electron chi connectivity index (χ2n) is 2.93. The number of hydrogen-bond acceptors (Lipinski definition) is 4. The Morgan fingerprint density at radius 2 is 2.07 bits per heavy atom. The summed E-state index contributed by atoms with van der Waals surface area (Å²) in [5.41, 5.74) is 0.517. The van der Waals surface area contributed by atoms with E-state index >= 15 is 0 Å². The molecular weight excluding hydrogens is 192 g/mol. The molecule has 0 fully saturated rings. The van der Waals surface area contributed by atoms with E-state index in [0.29, 0.717) is 12.2 Å². The Balaban J connectivity index is 2.37. The summed E-state index contributed by atoms with van der Waals surface area (Å²) >= 11 is 0. The van der Waals surface area contributed by atoms with Crippen molar-refractivity contribution < 1.29 is 4.79 Å². The second kappa shape index (κ2) is 4.00. The summed E-state index contributed by atoms with van der Waals surface area (Å²) < 4.78 is 1.62. The number of carbonyl (C=O) groups excluding carboxylic acids is 1. The van der Waals surface area contributed by atoms with E-state index in [1.165, 1.54) is 0 Å². The van der Waals surface area contributed by atoms with E-state index in [4.69, 9.17) is 0 Å². The van der Waals surface area contributed by atoms with E-state index < -0.39 is 0 Å². The van der Waals surface area contributed by atoms with Crippen molar-refractivity contribution in [1.82, 2.24) is 19.7 Å².